The van der Waals surface area contributed by atoms with E-state index in [1.54, 1.807) is 66.9 Å². The number of aliphatic hydroxyl groups excluding tert-OH is 1. The minimum absolute atomic E-state index is 0.0647. The van der Waals surface area contributed by atoms with Crippen molar-refractivity contribution in [2.75, 3.05) is 26.7 Å². The molecule has 4 rings (SSSR count). The first-order valence-electron chi connectivity index (χ1n) is 11.8. The van der Waals surface area contributed by atoms with Crippen LogP contribution in [0.1, 0.15) is 29.8 Å². The minimum Gasteiger partial charge on any atom is -0.472 e. The maximum Gasteiger partial charge on any atom is 0.259 e. The second-order valence-corrected chi connectivity index (χ2v) is 9.14. The number of nitrogens with zero attached hydrogens (tertiary/aromatic N) is 6. The van der Waals surface area contributed by atoms with Crippen LogP contribution in [0.3, 0.4) is 0 Å². The molecule has 3 atom stereocenters. The zero-order chi connectivity index (χ0) is 25.7. The lowest BCUT2D eigenvalue weighted by atomic mass is 9.99. The largest absolute Gasteiger partial charge is 0.472 e. The van der Waals surface area contributed by atoms with Crippen molar-refractivity contribution in [2.45, 2.75) is 32.4 Å². The summed E-state index contributed by atoms with van der Waals surface area (Å²) in [4.78, 5) is 46.3. The van der Waals surface area contributed by atoms with E-state index < -0.39 is 12.1 Å². The van der Waals surface area contributed by atoms with Crippen molar-refractivity contribution in [1.29, 1.82) is 0 Å². The van der Waals surface area contributed by atoms with Crippen LogP contribution >= 0.6 is 0 Å². The molecule has 10 nitrogen and oxygen atoms in total. The Morgan fingerprint density at radius 2 is 2.00 bits per heavy atom. The predicted molar refractivity (Wildman–Crippen MR) is 132 cm³/mol. The molecule has 0 saturated heterocycles. The Kier molecular flexibility index (Phi) is 7.84. The van der Waals surface area contributed by atoms with Crippen molar-refractivity contribution in [3.05, 3.63) is 66.6 Å². The molecule has 1 aliphatic rings. The number of pyridine rings is 2. The molecule has 188 valence electrons. The van der Waals surface area contributed by atoms with E-state index in [2.05, 4.69) is 19.9 Å². The Morgan fingerprint density at radius 3 is 2.69 bits per heavy atom. The van der Waals surface area contributed by atoms with Crippen molar-refractivity contribution >= 4 is 11.8 Å². The Balaban J connectivity index is 1.62. The number of aromatic nitrogens is 4. The zero-order valence-corrected chi connectivity index (χ0v) is 20.6. The summed E-state index contributed by atoms with van der Waals surface area (Å²) in [5.74, 6) is -0.275. The first kappa shape index (κ1) is 25.2. The van der Waals surface area contributed by atoms with E-state index in [1.165, 1.54) is 6.33 Å². The van der Waals surface area contributed by atoms with E-state index in [1.807, 2.05) is 13.0 Å². The normalized spacial score (nSPS) is 18.4. The molecule has 0 spiro atoms. The summed E-state index contributed by atoms with van der Waals surface area (Å²) in [7, 11) is 1.74. The van der Waals surface area contributed by atoms with Gasteiger partial charge < -0.3 is 19.6 Å². The van der Waals surface area contributed by atoms with Gasteiger partial charge in [0.2, 0.25) is 11.8 Å². The number of carbonyl (C=O) groups excluding carboxylic acids is 2. The van der Waals surface area contributed by atoms with E-state index in [4.69, 9.17) is 4.74 Å². The molecule has 0 saturated carbocycles. The highest BCUT2D eigenvalue weighted by Crippen LogP contribution is 2.30. The van der Waals surface area contributed by atoms with Crippen molar-refractivity contribution in [3.8, 4) is 17.0 Å². The van der Waals surface area contributed by atoms with Crippen LogP contribution in [-0.4, -0.2) is 85.5 Å². The summed E-state index contributed by atoms with van der Waals surface area (Å²) >= 11 is 0. The first-order valence-corrected chi connectivity index (χ1v) is 11.8. The molecule has 3 aromatic heterocycles. The van der Waals surface area contributed by atoms with Gasteiger partial charge in [0.1, 0.15) is 18.0 Å². The lowest BCUT2D eigenvalue weighted by Crippen LogP contribution is -2.50. The van der Waals surface area contributed by atoms with E-state index in [9.17, 15) is 14.7 Å². The third-order valence-electron chi connectivity index (χ3n) is 6.37. The van der Waals surface area contributed by atoms with E-state index in [-0.39, 0.29) is 42.2 Å². The fraction of sp³-hybridized carbons (Fsp3) is 0.385. The van der Waals surface area contributed by atoms with Gasteiger partial charge in [-0.3, -0.25) is 14.6 Å². The number of ether oxygens (including phenoxy) is 1. The van der Waals surface area contributed by atoms with E-state index >= 15 is 0 Å². The van der Waals surface area contributed by atoms with Crippen LogP contribution in [-0.2, 0) is 11.2 Å². The second-order valence-electron chi connectivity index (χ2n) is 9.14. The van der Waals surface area contributed by atoms with E-state index in [0.29, 0.717) is 18.7 Å². The number of fused-ring (bicyclic) bond motifs is 1. The molecule has 0 bridgehead atoms. The van der Waals surface area contributed by atoms with Gasteiger partial charge in [-0.1, -0.05) is 13.0 Å². The number of amides is 2. The van der Waals surface area contributed by atoms with Crippen molar-refractivity contribution in [1.82, 2.24) is 29.7 Å². The zero-order valence-electron chi connectivity index (χ0n) is 20.6. The van der Waals surface area contributed by atoms with Gasteiger partial charge >= 0.3 is 0 Å². The molecule has 4 heterocycles. The molecule has 36 heavy (non-hydrogen) atoms. The number of hydrogen-bond acceptors (Lipinski definition) is 8. The predicted octanol–water partition coefficient (Wildman–Crippen LogP) is 1.85. The highest BCUT2D eigenvalue weighted by Gasteiger charge is 2.34. The number of likely N-dealkylation sites (N-methyl/N-ethyl adjacent to an activating group) is 1. The minimum atomic E-state index is -0.425. The van der Waals surface area contributed by atoms with Gasteiger partial charge in [0.25, 0.3) is 5.91 Å². The molecule has 0 unspecified atom stereocenters. The topological polar surface area (TPSA) is 122 Å². The molecule has 0 aliphatic carbocycles. The van der Waals surface area contributed by atoms with Crippen LogP contribution in [0.25, 0.3) is 11.1 Å². The molecule has 1 N–H and O–H groups in total. The molecule has 3 aromatic rings. The lowest BCUT2D eigenvalue weighted by Gasteiger charge is -2.37. The SMILES string of the molecule is C[C@@H]1CN([C@@H](C)CO)C(=O)c2cc(-c3cncnc3)cnc2O[C@@H]1CN(C)C(=O)Cc1cccnc1. The van der Waals surface area contributed by atoms with Crippen LogP contribution in [0.15, 0.2) is 55.5 Å². The molecule has 0 radical (unpaired) electrons. The van der Waals surface area contributed by atoms with Crippen LogP contribution in [0.2, 0.25) is 0 Å². The molecular weight excluding hydrogens is 460 g/mol. The second kappa shape index (κ2) is 11.2. The summed E-state index contributed by atoms with van der Waals surface area (Å²) in [6, 6.07) is 4.98. The Labute approximate surface area is 210 Å². The maximum absolute atomic E-state index is 13.6. The molecule has 10 heteroatoms. The third-order valence-corrected chi connectivity index (χ3v) is 6.37. The summed E-state index contributed by atoms with van der Waals surface area (Å²) in [5.41, 5.74) is 2.52. The fourth-order valence-electron chi connectivity index (χ4n) is 4.11. The van der Waals surface area contributed by atoms with Gasteiger partial charge in [0, 0.05) is 61.6 Å². The Bertz CT molecular complexity index is 1190. The maximum atomic E-state index is 13.6. The number of carbonyl (C=O) groups is 2. The molecule has 0 fully saturated rings. The van der Waals surface area contributed by atoms with Gasteiger partial charge in [0.05, 0.1) is 25.6 Å². The number of aliphatic hydroxyl groups is 1. The number of rotatable bonds is 7. The number of hydrogen-bond donors (Lipinski definition) is 1. The quantitative estimate of drug-likeness (QED) is 0.533. The van der Waals surface area contributed by atoms with E-state index in [0.717, 1.165) is 11.1 Å². The Morgan fingerprint density at radius 1 is 1.22 bits per heavy atom. The van der Waals surface area contributed by atoms with Gasteiger partial charge in [-0.15, -0.1) is 0 Å². The van der Waals surface area contributed by atoms with Gasteiger partial charge in [-0.25, -0.2) is 15.0 Å². The average molecular weight is 491 g/mol. The lowest BCUT2D eigenvalue weighted by molar-refractivity contribution is -0.130. The highest BCUT2D eigenvalue weighted by atomic mass is 16.5. The molecule has 2 amide bonds. The summed E-state index contributed by atoms with van der Waals surface area (Å²) in [6.45, 7) is 4.25. The van der Waals surface area contributed by atoms with Gasteiger partial charge in [-0.2, -0.15) is 0 Å². The Hall–Kier alpha value is -3.92. The highest BCUT2D eigenvalue weighted by molar-refractivity contribution is 5.98. The van der Waals surface area contributed by atoms with Gasteiger partial charge in [-0.05, 0) is 24.6 Å². The summed E-state index contributed by atoms with van der Waals surface area (Å²) in [5, 5.41) is 9.84. The summed E-state index contributed by atoms with van der Waals surface area (Å²) < 4.78 is 6.28. The summed E-state index contributed by atoms with van der Waals surface area (Å²) in [6.07, 6.45) is 9.49. The van der Waals surface area contributed by atoms with Crippen molar-refractivity contribution in [2.24, 2.45) is 5.92 Å². The third kappa shape index (κ3) is 5.65. The van der Waals surface area contributed by atoms with Crippen LogP contribution in [0.4, 0.5) is 0 Å². The molecular formula is C26H30N6O4. The molecule has 0 aromatic carbocycles. The van der Waals surface area contributed by atoms with Gasteiger partial charge in [0.15, 0.2) is 0 Å². The standard InChI is InChI=1S/C26H30N6O4/c1-17-13-32(18(2)15-33)26(35)22-8-20(21-10-28-16-29-11-21)12-30-25(22)36-23(17)14-31(3)24(34)7-19-5-4-6-27-9-19/h4-6,8-12,16-18,23,33H,7,13-15H2,1-3H3/t17-,18+,23-/m1/s1. The van der Waals surface area contributed by atoms with Crippen molar-refractivity contribution in [3.63, 3.8) is 0 Å². The average Bonchev–Trinajstić information content (AvgIpc) is 2.91. The van der Waals surface area contributed by atoms with Crippen molar-refractivity contribution < 1.29 is 19.4 Å². The van der Waals surface area contributed by atoms with Crippen LogP contribution in [0.5, 0.6) is 5.88 Å². The van der Waals surface area contributed by atoms with Crippen LogP contribution < -0.4 is 4.74 Å². The monoisotopic (exact) mass is 490 g/mol. The fourth-order valence-corrected chi connectivity index (χ4v) is 4.11. The smallest absolute Gasteiger partial charge is 0.259 e. The molecule has 1 aliphatic heterocycles. The first-order chi connectivity index (χ1) is 17.4. The van der Waals surface area contributed by atoms with Crippen LogP contribution in [0, 0.1) is 5.92 Å².